The van der Waals surface area contributed by atoms with Gasteiger partial charge in [0.05, 0.1) is 5.56 Å². The van der Waals surface area contributed by atoms with Crippen molar-refractivity contribution in [2.24, 2.45) is 7.05 Å². The number of amides is 1. The fraction of sp³-hybridized carbons (Fsp3) is 0.421. The van der Waals surface area contributed by atoms with Crippen molar-refractivity contribution in [3.8, 4) is 0 Å². The van der Waals surface area contributed by atoms with Crippen LogP contribution in [0.15, 0.2) is 41.5 Å². The molecule has 0 unspecified atom stereocenters. The Hall–Kier alpha value is -2.63. The molecule has 25 heavy (non-hydrogen) atoms. The first-order valence-electron chi connectivity index (χ1n) is 8.55. The minimum atomic E-state index is -0.110. The van der Waals surface area contributed by atoms with Gasteiger partial charge in [-0.05, 0) is 36.6 Å². The quantitative estimate of drug-likeness (QED) is 0.856. The van der Waals surface area contributed by atoms with Crippen molar-refractivity contribution in [1.29, 1.82) is 0 Å². The maximum Gasteiger partial charge on any atom is 0.255 e. The number of piperidine rings is 1. The van der Waals surface area contributed by atoms with Crippen LogP contribution in [0.25, 0.3) is 0 Å². The van der Waals surface area contributed by atoms with Gasteiger partial charge in [0.15, 0.2) is 0 Å². The number of hydrogen-bond acceptors (Lipinski definition) is 4. The van der Waals surface area contributed by atoms with Gasteiger partial charge in [-0.2, -0.15) is 0 Å². The second-order valence-corrected chi connectivity index (χ2v) is 6.80. The van der Waals surface area contributed by atoms with Gasteiger partial charge in [0.1, 0.15) is 5.82 Å². The van der Waals surface area contributed by atoms with Gasteiger partial charge in [-0.15, -0.1) is 0 Å². The molecule has 1 saturated heterocycles. The summed E-state index contributed by atoms with van der Waals surface area (Å²) >= 11 is 0. The third-order valence-electron chi connectivity index (χ3n) is 4.74. The van der Waals surface area contributed by atoms with Crippen LogP contribution in [0.5, 0.6) is 0 Å². The minimum absolute atomic E-state index is 0.0119. The Morgan fingerprint density at radius 3 is 2.80 bits per heavy atom. The Balaban J connectivity index is 1.78. The fourth-order valence-corrected chi connectivity index (χ4v) is 3.27. The summed E-state index contributed by atoms with van der Waals surface area (Å²) in [6.07, 6.45) is 5.49. The van der Waals surface area contributed by atoms with Crippen LogP contribution >= 0.6 is 0 Å². The first kappa shape index (κ1) is 17.2. The molecule has 1 aliphatic heterocycles. The van der Waals surface area contributed by atoms with Crippen molar-refractivity contribution < 1.29 is 4.79 Å². The molecule has 6 nitrogen and oxygen atoms in total. The van der Waals surface area contributed by atoms with E-state index >= 15 is 0 Å². The van der Waals surface area contributed by atoms with Crippen LogP contribution in [-0.4, -0.2) is 47.5 Å². The van der Waals surface area contributed by atoms with Gasteiger partial charge in [0.25, 0.3) is 5.91 Å². The highest BCUT2D eigenvalue weighted by Gasteiger charge is 2.26. The van der Waals surface area contributed by atoms with E-state index < -0.39 is 0 Å². The van der Waals surface area contributed by atoms with E-state index in [0.29, 0.717) is 18.0 Å². The Morgan fingerprint density at radius 2 is 2.08 bits per heavy atom. The van der Waals surface area contributed by atoms with Crippen molar-refractivity contribution in [3.63, 3.8) is 0 Å². The predicted octanol–water partition coefficient (Wildman–Crippen LogP) is 1.87. The Morgan fingerprint density at radius 1 is 1.28 bits per heavy atom. The molecular weight excluding hydrogens is 316 g/mol. The Labute approximate surface area is 147 Å². The van der Waals surface area contributed by atoms with Crippen LogP contribution in [0.3, 0.4) is 0 Å². The molecule has 1 aliphatic rings. The number of pyridine rings is 2. The van der Waals surface area contributed by atoms with E-state index in [2.05, 4.69) is 11.1 Å². The molecule has 0 spiro atoms. The lowest BCUT2D eigenvalue weighted by atomic mass is 9.91. The number of likely N-dealkylation sites (tertiary alicyclic amines) is 1. The molecule has 2 aromatic rings. The zero-order valence-corrected chi connectivity index (χ0v) is 15.0. The molecule has 132 valence electrons. The summed E-state index contributed by atoms with van der Waals surface area (Å²) in [4.78, 5) is 32.6. The summed E-state index contributed by atoms with van der Waals surface area (Å²) in [5.41, 5.74) is 1.67. The van der Waals surface area contributed by atoms with Gasteiger partial charge in [0, 0.05) is 58.6 Å². The van der Waals surface area contributed by atoms with Crippen molar-refractivity contribution in [2.75, 3.05) is 32.1 Å². The van der Waals surface area contributed by atoms with Crippen LogP contribution in [0.2, 0.25) is 0 Å². The number of anilines is 1. The van der Waals surface area contributed by atoms with E-state index in [1.807, 2.05) is 36.2 Å². The molecule has 1 atom stereocenters. The van der Waals surface area contributed by atoms with Gasteiger partial charge in [-0.25, -0.2) is 4.98 Å². The van der Waals surface area contributed by atoms with Gasteiger partial charge in [-0.1, -0.05) is 0 Å². The molecule has 1 amide bonds. The SMILES string of the molecule is CN(C)c1cc([C@H]2CCCN(C(=O)c3ccc(=O)n(C)c3)C2)ccn1. The molecule has 6 heteroatoms. The summed E-state index contributed by atoms with van der Waals surface area (Å²) in [5, 5.41) is 0. The van der Waals surface area contributed by atoms with Gasteiger partial charge in [0.2, 0.25) is 5.56 Å². The maximum absolute atomic E-state index is 12.8. The summed E-state index contributed by atoms with van der Waals surface area (Å²) in [7, 11) is 5.61. The minimum Gasteiger partial charge on any atom is -0.363 e. The lowest BCUT2D eigenvalue weighted by molar-refractivity contribution is 0.0706. The van der Waals surface area contributed by atoms with Crippen molar-refractivity contribution in [3.05, 3.63) is 58.1 Å². The lowest BCUT2D eigenvalue weighted by Gasteiger charge is -2.33. The summed E-state index contributed by atoms with van der Waals surface area (Å²) in [5.74, 6) is 1.23. The molecule has 0 radical (unpaired) electrons. The highest BCUT2D eigenvalue weighted by Crippen LogP contribution is 2.29. The van der Waals surface area contributed by atoms with Gasteiger partial charge < -0.3 is 14.4 Å². The second kappa shape index (κ2) is 7.09. The first-order valence-corrected chi connectivity index (χ1v) is 8.55. The second-order valence-electron chi connectivity index (χ2n) is 6.80. The Bertz CT molecular complexity index is 828. The summed E-state index contributed by atoms with van der Waals surface area (Å²) < 4.78 is 1.45. The molecule has 0 bridgehead atoms. The largest absolute Gasteiger partial charge is 0.363 e. The third-order valence-corrected chi connectivity index (χ3v) is 4.74. The topological polar surface area (TPSA) is 58.4 Å². The van der Waals surface area contributed by atoms with Crippen LogP contribution in [0.1, 0.15) is 34.7 Å². The average molecular weight is 340 g/mol. The number of nitrogens with zero attached hydrogens (tertiary/aromatic N) is 4. The summed E-state index contributed by atoms with van der Waals surface area (Å²) in [6, 6.07) is 7.20. The zero-order chi connectivity index (χ0) is 18.0. The third kappa shape index (κ3) is 3.73. The van der Waals surface area contributed by atoms with E-state index in [0.717, 1.165) is 25.2 Å². The molecule has 1 fully saturated rings. The molecule has 3 heterocycles. The predicted molar refractivity (Wildman–Crippen MR) is 98.1 cm³/mol. The van der Waals surface area contributed by atoms with E-state index in [9.17, 15) is 9.59 Å². The van der Waals surface area contributed by atoms with Crippen LogP contribution in [0, 0.1) is 0 Å². The molecular formula is C19H24N4O2. The van der Waals surface area contributed by atoms with Gasteiger partial charge >= 0.3 is 0 Å². The normalized spacial score (nSPS) is 17.4. The van der Waals surface area contributed by atoms with Crippen LogP contribution in [-0.2, 0) is 7.05 Å². The van der Waals surface area contributed by atoms with E-state index in [4.69, 9.17) is 0 Å². The number of aromatic nitrogens is 2. The molecule has 0 aliphatic carbocycles. The van der Waals surface area contributed by atoms with Crippen molar-refractivity contribution >= 4 is 11.7 Å². The zero-order valence-electron chi connectivity index (χ0n) is 15.0. The molecule has 3 rings (SSSR count). The molecule has 0 N–H and O–H groups in total. The number of aryl methyl sites for hydroxylation is 1. The number of carbonyl (C=O) groups is 1. The van der Waals surface area contributed by atoms with E-state index in [1.165, 1.54) is 16.2 Å². The average Bonchev–Trinajstić information content (AvgIpc) is 2.63. The maximum atomic E-state index is 12.8. The summed E-state index contributed by atoms with van der Waals surface area (Å²) in [6.45, 7) is 1.45. The van der Waals surface area contributed by atoms with Crippen LogP contribution < -0.4 is 10.5 Å². The number of carbonyl (C=O) groups excluding carboxylic acids is 1. The smallest absolute Gasteiger partial charge is 0.255 e. The van der Waals surface area contributed by atoms with Crippen LogP contribution in [0.4, 0.5) is 5.82 Å². The number of hydrogen-bond donors (Lipinski definition) is 0. The lowest BCUT2D eigenvalue weighted by Crippen LogP contribution is -2.39. The highest BCUT2D eigenvalue weighted by atomic mass is 16.2. The number of rotatable bonds is 3. The fourth-order valence-electron chi connectivity index (χ4n) is 3.27. The monoisotopic (exact) mass is 340 g/mol. The highest BCUT2D eigenvalue weighted by molar-refractivity contribution is 5.94. The first-order chi connectivity index (χ1) is 12.0. The van der Waals surface area contributed by atoms with E-state index in [-0.39, 0.29) is 11.5 Å². The molecule has 0 saturated carbocycles. The van der Waals surface area contributed by atoms with Gasteiger partial charge in [-0.3, -0.25) is 9.59 Å². The Kier molecular flexibility index (Phi) is 4.88. The standard InChI is InChI=1S/C19H24N4O2/c1-21(2)17-11-14(8-9-20-17)15-5-4-10-23(13-15)19(25)16-6-7-18(24)22(3)12-16/h6-9,11-12,15H,4-5,10,13H2,1-3H3/t15-/m0/s1. The van der Waals surface area contributed by atoms with Crippen molar-refractivity contribution in [1.82, 2.24) is 14.5 Å². The molecule has 2 aromatic heterocycles. The molecule has 0 aromatic carbocycles. The van der Waals surface area contributed by atoms with E-state index in [1.54, 1.807) is 19.3 Å². The van der Waals surface area contributed by atoms with Crippen molar-refractivity contribution in [2.45, 2.75) is 18.8 Å².